The van der Waals surface area contributed by atoms with E-state index in [2.05, 4.69) is 14.8 Å². The summed E-state index contributed by atoms with van der Waals surface area (Å²) >= 11 is 0. The number of pyridine rings is 1. The van der Waals surface area contributed by atoms with Crippen LogP contribution in [0.3, 0.4) is 0 Å². The van der Waals surface area contributed by atoms with E-state index in [1.807, 2.05) is 0 Å². The number of carboxylic acid groups (broad SMARTS) is 1. The van der Waals surface area contributed by atoms with Crippen molar-refractivity contribution >= 4 is 16.0 Å². The summed E-state index contributed by atoms with van der Waals surface area (Å²) < 4.78 is 27.8. The van der Waals surface area contributed by atoms with Crippen molar-refractivity contribution in [2.45, 2.75) is 11.6 Å². The summed E-state index contributed by atoms with van der Waals surface area (Å²) in [6.07, 6.45) is 2.70. The smallest absolute Gasteiger partial charge is 0.337 e. The Hall–Kier alpha value is -2.26. The van der Waals surface area contributed by atoms with Crippen LogP contribution in [0.5, 0.6) is 0 Å². The van der Waals surface area contributed by atoms with Crippen LogP contribution in [-0.4, -0.2) is 34.3 Å². The van der Waals surface area contributed by atoms with Gasteiger partial charge in [-0.05, 0) is 18.2 Å². The Kier molecular flexibility index (Phi) is 3.81. The molecule has 0 atom stereocenters. The lowest BCUT2D eigenvalue weighted by Crippen LogP contribution is -2.24. The lowest BCUT2D eigenvalue weighted by atomic mass is 10.3. The largest absolute Gasteiger partial charge is 0.478 e. The summed E-state index contributed by atoms with van der Waals surface area (Å²) in [6.45, 7) is 0.0333. The summed E-state index contributed by atoms with van der Waals surface area (Å²) in [6, 6.07) is 4.01. The molecule has 106 valence electrons. The van der Waals surface area contributed by atoms with Crippen LogP contribution in [0.1, 0.15) is 16.1 Å². The third-order valence-corrected chi connectivity index (χ3v) is 3.79. The Bertz CT molecular complexity index is 721. The van der Waals surface area contributed by atoms with Crippen molar-refractivity contribution < 1.29 is 18.3 Å². The highest BCUT2D eigenvalue weighted by Gasteiger charge is 2.16. The SMILES string of the molecule is Cn1ccc(CNS(=O)(=O)c2ccc(C(=O)O)cn2)n1. The van der Waals surface area contributed by atoms with Crippen LogP contribution in [0.4, 0.5) is 0 Å². The second-order valence-corrected chi connectivity index (χ2v) is 5.71. The number of aryl methyl sites for hydroxylation is 1. The second-order valence-electron chi connectivity index (χ2n) is 4.00. The first-order valence-corrected chi connectivity index (χ1v) is 7.04. The van der Waals surface area contributed by atoms with Gasteiger partial charge in [0.05, 0.1) is 17.8 Å². The molecule has 20 heavy (non-hydrogen) atoms. The van der Waals surface area contributed by atoms with Gasteiger partial charge in [-0.1, -0.05) is 0 Å². The number of sulfonamides is 1. The second kappa shape index (κ2) is 5.39. The van der Waals surface area contributed by atoms with Crippen LogP contribution in [0.15, 0.2) is 35.6 Å². The molecule has 0 bridgehead atoms. The predicted molar refractivity (Wildman–Crippen MR) is 68.4 cm³/mol. The van der Waals surface area contributed by atoms with Gasteiger partial charge in [-0.15, -0.1) is 0 Å². The minimum Gasteiger partial charge on any atom is -0.478 e. The highest BCUT2D eigenvalue weighted by atomic mass is 32.2. The van der Waals surface area contributed by atoms with Gasteiger partial charge >= 0.3 is 5.97 Å². The van der Waals surface area contributed by atoms with Crippen molar-refractivity contribution in [3.8, 4) is 0 Å². The van der Waals surface area contributed by atoms with Crippen LogP contribution in [-0.2, 0) is 23.6 Å². The lowest BCUT2D eigenvalue weighted by molar-refractivity contribution is 0.0696. The molecule has 0 unspecified atom stereocenters. The van der Waals surface area contributed by atoms with Gasteiger partial charge < -0.3 is 5.11 Å². The van der Waals surface area contributed by atoms with Crippen LogP contribution in [0.25, 0.3) is 0 Å². The minimum absolute atomic E-state index is 0.0333. The third kappa shape index (κ3) is 3.19. The Morgan fingerprint density at radius 2 is 2.15 bits per heavy atom. The Labute approximate surface area is 115 Å². The van der Waals surface area contributed by atoms with Gasteiger partial charge in [0, 0.05) is 19.4 Å². The van der Waals surface area contributed by atoms with E-state index in [0.717, 1.165) is 12.3 Å². The van der Waals surface area contributed by atoms with E-state index in [-0.39, 0.29) is 17.1 Å². The zero-order valence-corrected chi connectivity index (χ0v) is 11.3. The van der Waals surface area contributed by atoms with Gasteiger partial charge in [-0.3, -0.25) is 4.68 Å². The molecule has 0 saturated carbocycles. The van der Waals surface area contributed by atoms with Crippen molar-refractivity contribution in [3.63, 3.8) is 0 Å². The average Bonchev–Trinajstić information content (AvgIpc) is 2.82. The van der Waals surface area contributed by atoms with E-state index in [9.17, 15) is 13.2 Å². The van der Waals surface area contributed by atoms with Crippen molar-refractivity contribution in [2.24, 2.45) is 7.05 Å². The number of nitrogens with zero attached hydrogens (tertiary/aromatic N) is 3. The Morgan fingerprint density at radius 3 is 2.65 bits per heavy atom. The van der Waals surface area contributed by atoms with Crippen LogP contribution in [0.2, 0.25) is 0 Å². The zero-order valence-electron chi connectivity index (χ0n) is 10.5. The number of aromatic carboxylic acids is 1. The molecule has 8 nitrogen and oxygen atoms in total. The van der Waals surface area contributed by atoms with E-state index in [4.69, 9.17) is 5.11 Å². The van der Waals surface area contributed by atoms with Crippen molar-refractivity contribution in [1.29, 1.82) is 0 Å². The summed E-state index contributed by atoms with van der Waals surface area (Å²) in [5, 5.41) is 12.5. The third-order valence-electron chi connectivity index (χ3n) is 2.47. The molecular formula is C11H12N4O4S. The molecule has 2 aromatic rings. The molecule has 0 fully saturated rings. The van der Waals surface area contributed by atoms with E-state index >= 15 is 0 Å². The van der Waals surface area contributed by atoms with Crippen LogP contribution < -0.4 is 4.72 Å². The van der Waals surface area contributed by atoms with Crippen molar-refractivity contribution in [1.82, 2.24) is 19.5 Å². The molecule has 0 saturated heterocycles. The molecule has 2 N–H and O–H groups in total. The lowest BCUT2D eigenvalue weighted by Gasteiger charge is -2.04. The maximum Gasteiger partial charge on any atom is 0.337 e. The molecule has 0 aromatic carbocycles. The molecule has 9 heteroatoms. The zero-order chi connectivity index (χ0) is 14.8. The number of hydrogen-bond donors (Lipinski definition) is 2. The molecule has 0 amide bonds. The standard InChI is InChI=1S/C11H12N4O4S/c1-15-5-4-9(14-15)7-13-20(18,19)10-3-2-8(6-12-10)11(16)17/h2-6,13H,7H2,1H3,(H,16,17). The predicted octanol–water partition coefficient (Wildman–Crippen LogP) is -0.00820. The fourth-order valence-electron chi connectivity index (χ4n) is 1.47. The molecule has 0 aliphatic rings. The molecular weight excluding hydrogens is 284 g/mol. The monoisotopic (exact) mass is 296 g/mol. The fourth-order valence-corrected chi connectivity index (χ4v) is 2.39. The number of rotatable bonds is 5. The average molecular weight is 296 g/mol. The van der Waals surface area contributed by atoms with Gasteiger partial charge in [-0.2, -0.15) is 5.10 Å². The van der Waals surface area contributed by atoms with Gasteiger partial charge in [-0.25, -0.2) is 22.9 Å². The number of aromatic nitrogens is 3. The van der Waals surface area contributed by atoms with Gasteiger partial charge in [0.25, 0.3) is 10.0 Å². The molecule has 0 radical (unpaired) electrons. The number of hydrogen-bond acceptors (Lipinski definition) is 5. The first-order valence-electron chi connectivity index (χ1n) is 5.56. The molecule has 0 spiro atoms. The summed E-state index contributed by atoms with van der Waals surface area (Å²) in [5.74, 6) is -1.16. The molecule has 2 heterocycles. The fraction of sp³-hybridized carbons (Fsp3) is 0.182. The Morgan fingerprint density at radius 1 is 1.40 bits per heavy atom. The number of nitrogens with one attached hydrogen (secondary N) is 1. The minimum atomic E-state index is -3.79. The van der Waals surface area contributed by atoms with Gasteiger partial charge in [0.2, 0.25) is 0 Å². The first kappa shape index (κ1) is 14.2. The van der Waals surface area contributed by atoms with E-state index < -0.39 is 16.0 Å². The van der Waals surface area contributed by atoms with Crippen molar-refractivity contribution in [3.05, 3.63) is 41.9 Å². The van der Waals surface area contributed by atoms with E-state index in [1.54, 1.807) is 24.0 Å². The maximum absolute atomic E-state index is 11.9. The van der Waals surface area contributed by atoms with E-state index in [0.29, 0.717) is 5.69 Å². The quantitative estimate of drug-likeness (QED) is 0.802. The normalized spacial score (nSPS) is 11.4. The highest BCUT2D eigenvalue weighted by Crippen LogP contribution is 2.07. The van der Waals surface area contributed by atoms with Crippen LogP contribution >= 0.6 is 0 Å². The molecule has 2 aromatic heterocycles. The topological polar surface area (TPSA) is 114 Å². The number of carboxylic acids is 1. The first-order chi connectivity index (χ1) is 9.38. The summed E-state index contributed by atoms with van der Waals surface area (Å²) in [7, 11) is -2.07. The molecule has 2 rings (SSSR count). The van der Waals surface area contributed by atoms with Crippen molar-refractivity contribution in [2.75, 3.05) is 0 Å². The number of carbonyl (C=O) groups is 1. The molecule has 0 aliphatic carbocycles. The maximum atomic E-state index is 11.9. The Balaban J connectivity index is 2.11. The van der Waals surface area contributed by atoms with Gasteiger partial charge in [0.15, 0.2) is 5.03 Å². The van der Waals surface area contributed by atoms with Crippen LogP contribution in [0, 0.1) is 0 Å². The molecule has 0 aliphatic heterocycles. The van der Waals surface area contributed by atoms with Gasteiger partial charge in [0.1, 0.15) is 0 Å². The summed E-state index contributed by atoms with van der Waals surface area (Å²) in [4.78, 5) is 14.3. The summed E-state index contributed by atoms with van der Waals surface area (Å²) in [5.41, 5.74) is 0.493. The van der Waals surface area contributed by atoms with E-state index in [1.165, 1.54) is 6.07 Å². The highest BCUT2D eigenvalue weighted by molar-refractivity contribution is 7.89.